The van der Waals surface area contributed by atoms with E-state index in [0.717, 1.165) is 0 Å². The van der Waals surface area contributed by atoms with Crippen molar-refractivity contribution in [3.05, 3.63) is 59.7 Å². The lowest BCUT2D eigenvalue weighted by Crippen LogP contribution is -2.52. The highest BCUT2D eigenvalue weighted by Crippen LogP contribution is 2.25. The smallest absolute Gasteiger partial charge is 0.248 e. The van der Waals surface area contributed by atoms with Crippen LogP contribution in [-0.4, -0.2) is 26.0 Å². The summed E-state index contributed by atoms with van der Waals surface area (Å²) in [4.78, 5) is 24.8. The van der Waals surface area contributed by atoms with Crippen LogP contribution >= 0.6 is 0 Å². The van der Waals surface area contributed by atoms with Crippen molar-refractivity contribution in [3.63, 3.8) is 0 Å². The first kappa shape index (κ1) is 15.9. The van der Waals surface area contributed by atoms with Gasteiger partial charge in [-0.1, -0.05) is 24.3 Å². The van der Waals surface area contributed by atoms with Crippen LogP contribution in [0.1, 0.15) is 23.2 Å². The summed E-state index contributed by atoms with van der Waals surface area (Å²) in [5.41, 5.74) is 1.41. The second-order valence-electron chi connectivity index (χ2n) is 5.43. The minimum absolute atomic E-state index is 0.249. The van der Waals surface area contributed by atoms with Gasteiger partial charge in [0.25, 0.3) is 0 Å². The van der Waals surface area contributed by atoms with Gasteiger partial charge in [0.1, 0.15) is 23.6 Å². The molecule has 6 heteroatoms. The fraction of sp³-hybridized carbons (Fsp3) is 0.222. The number of rotatable bonds is 4. The van der Waals surface area contributed by atoms with E-state index in [4.69, 9.17) is 9.47 Å². The van der Waals surface area contributed by atoms with Crippen LogP contribution in [0.25, 0.3) is 0 Å². The van der Waals surface area contributed by atoms with E-state index in [1.165, 1.54) is 0 Å². The van der Waals surface area contributed by atoms with Gasteiger partial charge in [0.2, 0.25) is 11.8 Å². The zero-order valence-electron chi connectivity index (χ0n) is 13.4. The zero-order valence-corrected chi connectivity index (χ0v) is 13.4. The molecule has 124 valence electrons. The number of hydrogen-bond acceptors (Lipinski definition) is 4. The number of piperazine rings is 1. The van der Waals surface area contributed by atoms with E-state index in [1.807, 2.05) is 0 Å². The molecule has 2 N–H and O–H groups in total. The lowest BCUT2D eigenvalue weighted by molar-refractivity contribution is -0.137. The third-order valence-corrected chi connectivity index (χ3v) is 4.00. The molecule has 2 atom stereocenters. The van der Waals surface area contributed by atoms with E-state index in [0.29, 0.717) is 22.6 Å². The summed E-state index contributed by atoms with van der Waals surface area (Å²) < 4.78 is 10.2. The summed E-state index contributed by atoms with van der Waals surface area (Å²) in [5.74, 6) is 0.885. The van der Waals surface area contributed by atoms with E-state index >= 15 is 0 Å². The van der Waals surface area contributed by atoms with Crippen LogP contribution in [0.15, 0.2) is 48.5 Å². The first-order valence-corrected chi connectivity index (χ1v) is 7.51. The molecule has 2 amide bonds. The molecule has 0 radical (unpaired) electrons. The maximum Gasteiger partial charge on any atom is 0.248 e. The molecule has 1 aliphatic heterocycles. The van der Waals surface area contributed by atoms with Crippen molar-refractivity contribution in [3.8, 4) is 11.5 Å². The Bertz CT molecular complexity index is 675. The Morgan fingerprint density at radius 3 is 1.29 bits per heavy atom. The van der Waals surface area contributed by atoms with Crippen molar-refractivity contribution in [1.82, 2.24) is 10.6 Å². The molecule has 0 aliphatic carbocycles. The van der Waals surface area contributed by atoms with Gasteiger partial charge in [-0.2, -0.15) is 0 Å². The van der Waals surface area contributed by atoms with Crippen LogP contribution in [0.4, 0.5) is 0 Å². The topological polar surface area (TPSA) is 76.7 Å². The number of carbonyl (C=O) groups excluding carboxylic acids is 2. The van der Waals surface area contributed by atoms with Crippen LogP contribution in [-0.2, 0) is 9.59 Å². The van der Waals surface area contributed by atoms with Crippen LogP contribution in [0.3, 0.4) is 0 Å². The van der Waals surface area contributed by atoms with Crippen molar-refractivity contribution in [2.75, 3.05) is 14.2 Å². The van der Waals surface area contributed by atoms with Crippen molar-refractivity contribution < 1.29 is 19.1 Å². The third-order valence-electron chi connectivity index (χ3n) is 4.00. The minimum atomic E-state index is -0.710. The van der Waals surface area contributed by atoms with Gasteiger partial charge in [0, 0.05) is 0 Å². The van der Waals surface area contributed by atoms with Crippen LogP contribution in [0.5, 0.6) is 11.5 Å². The third kappa shape index (κ3) is 3.03. The monoisotopic (exact) mass is 326 g/mol. The Hall–Kier alpha value is -3.02. The van der Waals surface area contributed by atoms with Gasteiger partial charge in [-0.15, -0.1) is 0 Å². The Kier molecular flexibility index (Phi) is 4.37. The van der Waals surface area contributed by atoms with Gasteiger partial charge < -0.3 is 20.1 Å². The molecular formula is C18H18N2O4. The largest absolute Gasteiger partial charge is 0.497 e. The molecule has 0 spiro atoms. The van der Waals surface area contributed by atoms with Crippen molar-refractivity contribution >= 4 is 11.8 Å². The molecule has 1 aliphatic rings. The predicted octanol–water partition coefficient (Wildman–Crippen LogP) is 1.73. The molecule has 2 aromatic rings. The summed E-state index contributed by atoms with van der Waals surface area (Å²) in [7, 11) is 3.15. The molecule has 1 fully saturated rings. The van der Waals surface area contributed by atoms with Gasteiger partial charge >= 0.3 is 0 Å². The summed E-state index contributed by atoms with van der Waals surface area (Å²) in [6.07, 6.45) is 0. The molecule has 6 nitrogen and oxygen atoms in total. The number of nitrogens with one attached hydrogen (secondary N) is 2. The summed E-state index contributed by atoms with van der Waals surface area (Å²) in [6.45, 7) is 0. The second kappa shape index (κ2) is 6.62. The zero-order chi connectivity index (χ0) is 17.1. The van der Waals surface area contributed by atoms with Crippen molar-refractivity contribution in [2.45, 2.75) is 12.1 Å². The van der Waals surface area contributed by atoms with Gasteiger partial charge in [0.05, 0.1) is 14.2 Å². The Morgan fingerprint density at radius 1 is 0.667 bits per heavy atom. The maximum atomic E-state index is 12.4. The molecule has 24 heavy (non-hydrogen) atoms. The lowest BCUT2D eigenvalue weighted by atomic mass is 9.98. The van der Waals surface area contributed by atoms with E-state index < -0.39 is 12.1 Å². The molecule has 0 bridgehead atoms. The minimum Gasteiger partial charge on any atom is -0.497 e. The number of amides is 2. The number of benzene rings is 2. The Balaban J connectivity index is 1.78. The molecule has 3 rings (SSSR count). The average molecular weight is 326 g/mol. The first-order valence-electron chi connectivity index (χ1n) is 7.51. The van der Waals surface area contributed by atoms with E-state index in [1.54, 1.807) is 62.8 Å². The van der Waals surface area contributed by atoms with Crippen molar-refractivity contribution in [2.24, 2.45) is 0 Å². The molecule has 0 unspecified atom stereocenters. The number of methoxy groups -OCH3 is 2. The molecule has 1 heterocycles. The van der Waals surface area contributed by atoms with Crippen LogP contribution in [0, 0.1) is 0 Å². The van der Waals surface area contributed by atoms with Gasteiger partial charge in [-0.05, 0) is 35.4 Å². The highest BCUT2D eigenvalue weighted by molar-refractivity contribution is 5.98. The summed E-state index contributed by atoms with van der Waals surface area (Å²) >= 11 is 0. The van der Waals surface area contributed by atoms with Gasteiger partial charge in [-0.3, -0.25) is 9.59 Å². The Morgan fingerprint density at radius 2 is 1.00 bits per heavy atom. The highest BCUT2D eigenvalue weighted by Gasteiger charge is 2.35. The molecular weight excluding hydrogens is 308 g/mol. The standard InChI is InChI=1S/C18H18N2O4/c1-23-13-7-3-11(4-8-13)15-17(21)20-16(18(22)19-15)12-5-9-14(24-2)10-6-12/h3-10,15-16H,1-2H3,(H,19,22)(H,20,21)/t15-,16-/m1/s1. The van der Waals surface area contributed by atoms with Gasteiger partial charge in [0.15, 0.2) is 0 Å². The number of hydrogen-bond donors (Lipinski definition) is 2. The van der Waals surface area contributed by atoms with E-state index in [2.05, 4.69) is 10.6 Å². The predicted molar refractivity (Wildman–Crippen MR) is 87.8 cm³/mol. The van der Waals surface area contributed by atoms with Crippen LogP contribution in [0.2, 0.25) is 0 Å². The van der Waals surface area contributed by atoms with Crippen LogP contribution < -0.4 is 20.1 Å². The summed E-state index contributed by atoms with van der Waals surface area (Å²) in [6, 6.07) is 12.6. The second-order valence-corrected chi connectivity index (χ2v) is 5.43. The van der Waals surface area contributed by atoms with E-state index in [-0.39, 0.29) is 11.8 Å². The van der Waals surface area contributed by atoms with Gasteiger partial charge in [-0.25, -0.2) is 0 Å². The number of carbonyl (C=O) groups is 2. The molecule has 0 saturated carbocycles. The average Bonchev–Trinajstić information content (AvgIpc) is 2.63. The number of ether oxygens (including phenoxy) is 2. The lowest BCUT2D eigenvalue weighted by Gasteiger charge is -2.30. The fourth-order valence-corrected chi connectivity index (χ4v) is 2.64. The Labute approximate surface area is 139 Å². The molecule has 0 aromatic heterocycles. The molecule has 1 saturated heterocycles. The maximum absolute atomic E-state index is 12.4. The molecule has 2 aromatic carbocycles. The first-order chi connectivity index (χ1) is 11.6. The normalized spacial score (nSPS) is 20.1. The van der Waals surface area contributed by atoms with E-state index in [9.17, 15) is 9.59 Å². The quantitative estimate of drug-likeness (QED) is 0.897. The van der Waals surface area contributed by atoms with Crippen molar-refractivity contribution in [1.29, 1.82) is 0 Å². The highest BCUT2D eigenvalue weighted by atomic mass is 16.5. The summed E-state index contributed by atoms with van der Waals surface area (Å²) in [5, 5.41) is 5.55. The fourth-order valence-electron chi connectivity index (χ4n) is 2.64. The SMILES string of the molecule is COc1ccc([C@H]2NC(=O)[C@@H](c3ccc(OC)cc3)NC2=O)cc1.